The smallest absolute Gasteiger partial charge is 0.337 e. The number of benzene rings is 2. The molecule has 6 nitrogen and oxygen atoms in total. The van der Waals surface area contributed by atoms with Crippen LogP contribution in [0.15, 0.2) is 60.8 Å². The molecule has 0 atom stereocenters. The van der Waals surface area contributed by atoms with E-state index in [4.69, 9.17) is 11.6 Å². The lowest BCUT2D eigenvalue weighted by Gasteiger charge is -2.10. The number of halogens is 1. The van der Waals surface area contributed by atoms with Crippen molar-refractivity contribution in [3.63, 3.8) is 0 Å². The van der Waals surface area contributed by atoms with Crippen molar-refractivity contribution in [1.82, 2.24) is 4.98 Å². The summed E-state index contributed by atoms with van der Waals surface area (Å²) in [6.45, 7) is 1.91. The lowest BCUT2D eigenvalue weighted by Crippen LogP contribution is -2.12. The fourth-order valence-corrected chi connectivity index (χ4v) is 2.67. The van der Waals surface area contributed by atoms with Crippen LogP contribution in [0, 0.1) is 6.92 Å². The molecule has 2 N–H and O–H groups in total. The molecule has 0 spiro atoms. The number of nitrogens with zero attached hydrogens (tertiary/aromatic N) is 1. The molecule has 7 heteroatoms. The minimum Gasteiger partial charge on any atom is -0.465 e. The first-order valence-electron chi connectivity index (χ1n) is 8.46. The third-order valence-electron chi connectivity index (χ3n) is 4.12. The predicted octanol–water partition coefficient (Wildman–Crippen LogP) is 4.83. The van der Waals surface area contributed by atoms with Crippen molar-refractivity contribution in [2.75, 3.05) is 17.7 Å². The van der Waals surface area contributed by atoms with Crippen LogP contribution in [-0.4, -0.2) is 24.0 Å². The number of carbonyl (C=O) groups excluding carboxylic acids is 2. The molecule has 1 amide bonds. The summed E-state index contributed by atoms with van der Waals surface area (Å²) in [5.41, 5.74) is 3.15. The number of esters is 1. The molecule has 28 heavy (non-hydrogen) atoms. The van der Waals surface area contributed by atoms with E-state index >= 15 is 0 Å². The zero-order valence-electron chi connectivity index (χ0n) is 15.3. The lowest BCUT2D eigenvalue weighted by atomic mass is 10.2. The molecule has 0 aliphatic carbocycles. The molecule has 0 bridgehead atoms. The van der Waals surface area contributed by atoms with E-state index in [1.54, 1.807) is 36.4 Å². The minimum atomic E-state index is -0.430. The van der Waals surface area contributed by atoms with Crippen molar-refractivity contribution in [3.8, 4) is 0 Å². The summed E-state index contributed by atoms with van der Waals surface area (Å²) in [5, 5.41) is 6.61. The number of anilines is 3. The maximum Gasteiger partial charge on any atom is 0.337 e. The third kappa shape index (κ3) is 4.47. The summed E-state index contributed by atoms with van der Waals surface area (Å²) in [7, 11) is 1.32. The van der Waals surface area contributed by atoms with Crippen LogP contribution in [0.3, 0.4) is 0 Å². The summed E-state index contributed by atoms with van der Waals surface area (Å²) >= 11 is 6.12. The molecule has 0 saturated heterocycles. The second kappa shape index (κ2) is 8.54. The van der Waals surface area contributed by atoms with Gasteiger partial charge in [-0.2, -0.15) is 0 Å². The van der Waals surface area contributed by atoms with E-state index in [0.717, 1.165) is 11.3 Å². The maximum atomic E-state index is 12.4. The van der Waals surface area contributed by atoms with Gasteiger partial charge in [0.05, 0.1) is 18.2 Å². The number of pyridine rings is 1. The SMILES string of the molecule is COC(=O)c1ccc(NC(=O)c2ccc(Nc3cccc(Cl)c3C)nc2)cc1. The highest BCUT2D eigenvalue weighted by molar-refractivity contribution is 6.31. The first-order chi connectivity index (χ1) is 13.5. The fraction of sp³-hybridized carbons (Fsp3) is 0.0952. The average Bonchev–Trinajstić information content (AvgIpc) is 2.72. The number of ether oxygens (including phenoxy) is 1. The van der Waals surface area contributed by atoms with Gasteiger partial charge >= 0.3 is 5.97 Å². The van der Waals surface area contributed by atoms with Gasteiger partial charge in [-0.1, -0.05) is 17.7 Å². The first-order valence-corrected chi connectivity index (χ1v) is 8.83. The molecule has 3 aromatic rings. The number of hydrogen-bond donors (Lipinski definition) is 2. The van der Waals surface area contributed by atoms with Gasteiger partial charge in [-0.3, -0.25) is 4.79 Å². The van der Waals surface area contributed by atoms with Gasteiger partial charge in [0.15, 0.2) is 0 Å². The molecular weight excluding hydrogens is 378 g/mol. The predicted molar refractivity (Wildman–Crippen MR) is 109 cm³/mol. The molecule has 1 aromatic heterocycles. The molecule has 3 rings (SSSR count). The maximum absolute atomic E-state index is 12.4. The van der Waals surface area contributed by atoms with Crippen LogP contribution in [0.2, 0.25) is 5.02 Å². The second-order valence-corrected chi connectivity index (χ2v) is 6.40. The van der Waals surface area contributed by atoms with E-state index < -0.39 is 5.97 Å². The number of aromatic nitrogens is 1. The van der Waals surface area contributed by atoms with Crippen LogP contribution in [-0.2, 0) is 4.74 Å². The van der Waals surface area contributed by atoms with Gasteiger partial charge < -0.3 is 15.4 Å². The van der Waals surface area contributed by atoms with Crippen molar-refractivity contribution in [1.29, 1.82) is 0 Å². The molecule has 0 aliphatic rings. The van der Waals surface area contributed by atoms with E-state index in [2.05, 4.69) is 20.4 Å². The Hall–Kier alpha value is -3.38. The van der Waals surface area contributed by atoms with Crippen LogP contribution >= 0.6 is 11.6 Å². The van der Waals surface area contributed by atoms with E-state index in [0.29, 0.717) is 27.7 Å². The second-order valence-electron chi connectivity index (χ2n) is 5.99. The molecule has 142 valence electrons. The van der Waals surface area contributed by atoms with Crippen LogP contribution in [0.1, 0.15) is 26.3 Å². The van der Waals surface area contributed by atoms with Gasteiger partial charge in [0.1, 0.15) is 5.82 Å². The number of methoxy groups -OCH3 is 1. The van der Waals surface area contributed by atoms with Gasteiger partial charge in [0.25, 0.3) is 5.91 Å². The average molecular weight is 396 g/mol. The third-order valence-corrected chi connectivity index (χ3v) is 4.53. The number of hydrogen-bond acceptors (Lipinski definition) is 5. The fourth-order valence-electron chi connectivity index (χ4n) is 2.49. The molecule has 0 saturated carbocycles. The Kier molecular flexibility index (Phi) is 5.91. The van der Waals surface area contributed by atoms with Gasteiger partial charge in [-0.05, 0) is 61.0 Å². The number of rotatable bonds is 5. The number of nitrogens with one attached hydrogen (secondary N) is 2. The van der Waals surface area contributed by atoms with Crippen molar-refractivity contribution in [2.24, 2.45) is 0 Å². The standard InChI is InChI=1S/C21H18ClN3O3/c1-13-17(22)4-3-5-18(13)25-19-11-8-15(12-23-19)20(26)24-16-9-6-14(7-10-16)21(27)28-2/h3-12H,1-2H3,(H,23,25)(H,24,26). The van der Waals surface area contributed by atoms with E-state index in [-0.39, 0.29) is 5.91 Å². The molecule has 0 radical (unpaired) electrons. The molecule has 0 fully saturated rings. The Bertz CT molecular complexity index is 1000. The van der Waals surface area contributed by atoms with E-state index in [9.17, 15) is 9.59 Å². The molecule has 0 aliphatic heterocycles. The minimum absolute atomic E-state index is 0.302. The lowest BCUT2D eigenvalue weighted by molar-refractivity contribution is 0.0600. The van der Waals surface area contributed by atoms with Crippen molar-refractivity contribution < 1.29 is 14.3 Å². The van der Waals surface area contributed by atoms with Gasteiger partial charge in [0.2, 0.25) is 0 Å². The van der Waals surface area contributed by atoms with Crippen molar-refractivity contribution in [2.45, 2.75) is 6.92 Å². The monoisotopic (exact) mass is 395 g/mol. The van der Waals surface area contributed by atoms with E-state index in [1.165, 1.54) is 13.3 Å². The summed E-state index contributed by atoms with van der Waals surface area (Å²) in [4.78, 5) is 28.1. The highest BCUT2D eigenvalue weighted by Crippen LogP contribution is 2.25. The zero-order chi connectivity index (χ0) is 20.1. The number of amides is 1. The van der Waals surface area contributed by atoms with Crippen molar-refractivity contribution >= 4 is 40.7 Å². The van der Waals surface area contributed by atoms with Crippen LogP contribution in [0.4, 0.5) is 17.2 Å². The molecular formula is C21H18ClN3O3. The Morgan fingerprint density at radius 3 is 2.36 bits per heavy atom. The molecule has 0 unspecified atom stereocenters. The topological polar surface area (TPSA) is 80.3 Å². The molecule has 2 aromatic carbocycles. The summed E-state index contributed by atoms with van der Waals surface area (Å²) in [6, 6.07) is 15.4. The van der Waals surface area contributed by atoms with Crippen LogP contribution in [0.5, 0.6) is 0 Å². The normalized spacial score (nSPS) is 10.2. The summed E-state index contributed by atoms with van der Waals surface area (Å²) in [6.07, 6.45) is 1.49. The van der Waals surface area contributed by atoms with E-state index in [1.807, 2.05) is 25.1 Å². The zero-order valence-corrected chi connectivity index (χ0v) is 16.1. The van der Waals surface area contributed by atoms with Crippen molar-refractivity contribution in [3.05, 3.63) is 82.5 Å². The summed E-state index contributed by atoms with van der Waals surface area (Å²) in [5.74, 6) is -0.131. The quantitative estimate of drug-likeness (QED) is 0.605. The van der Waals surface area contributed by atoms with Gasteiger partial charge in [-0.15, -0.1) is 0 Å². The Morgan fingerprint density at radius 1 is 1.00 bits per heavy atom. The van der Waals surface area contributed by atoms with Crippen LogP contribution < -0.4 is 10.6 Å². The Morgan fingerprint density at radius 2 is 1.71 bits per heavy atom. The number of carbonyl (C=O) groups is 2. The van der Waals surface area contributed by atoms with Gasteiger partial charge in [0, 0.05) is 22.6 Å². The van der Waals surface area contributed by atoms with Gasteiger partial charge in [-0.25, -0.2) is 9.78 Å². The largest absolute Gasteiger partial charge is 0.465 e. The van der Waals surface area contributed by atoms with Crippen LogP contribution in [0.25, 0.3) is 0 Å². The summed E-state index contributed by atoms with van der Waals surface area (Å²) < 4.78 is 4.65. The Labute approximate surface area is 167 Å². The molecule has 1 heterocycles. The highest BCUT2D eigenvalue weighted by atomic mass is 35.5. The highest BCUT2D eigenvalue weighted by Gasteiger charge is 2.09. The Balaban J connectivity index is 1.66. The first kappa shape index (κ1) is 19.4.